The summed E-state index contributed by atoms with van der Waals surface area (Å²) in [4.78, 5) is 11.7. The Balaban J connectivity index is 1.61. The van der Waals surface area contributed by atoms with E-state index in [9.17, 15) is 9.90 Å². The fourth-order valence-corrected chi connectivity index (χ4v) is 7.88. The van der Waals surface area contributed by atoms with Gasteiger partial charge in [-0.25, -0.2) is 0 Å². The van der Waals surface area contributed by atoms with E-state index < -0.39 is 5.97 Å². The maximum atomic E-state index is 11.7. The Morgan fingerprint density at radius 3 is 2.35 bits per heavy atom. The average molecular weight is 319 g/mol. The van der Waals surface area contributed by atoms with Gasteiger partial charge in [-0.2, -0.15) is 0 Å². The Bertz CT molecular complexity index is 500. The Kier molecular flexibility index (Phi) is 3.63. The Hall–Kier alpha value is -0.530. The van der Waals surface area contributed by atoms with Gasteiger partial charge in [0.25, 0.3) is 0 Å². The quantitative estimate of drug-likeness (QED) is 0.706. The molecule has 0 radical (unpaired) electrons. The van der Waals surface area contributed by atoms with Gasteiger partial charge in [0.15, 0.2) is 0 Å². The molecule has 8 atom stereocenters. The fourth-order valence-electron chi connectivity index (χ4n) is 7.88. The lowest BCUT2D eigenvalue weighted by molar-refractivity contribution is -0.152. The van der Waals surface area contributed by atoms with E-state index >= 15 is 0 Å². The first-order chi connectivity index (χ1) is 10.9. The second-order valence-electron chi connectivity index (χ2n) is 10.0. The highest BCUT2D eigenvalue weighted by atomic mass is 16.4. The number of carbonyl (C=O) groups is 1. The Morgan fingerprint density at radius 1 is 0.913 bits per heavy atom. The first-order valence-electron chi connectivity index (χ1n) is 10.1. The Morgan fingerprint density at radius 2 is 1.61 bits per heavy atom. The van der Waals surface area contributed by atoms with Gasteiger partial charge in [0.05, 0.1) is 5.92 Å². The van der Waals surface area contributed by atoms with Gasteiger partial charge in [-0.05, 0) is 91.8 Å². The van der Waals surface area contributed by atoms with Crippen molar-refractivity contribution in [3.8, 4) is 0 Å². The second kappa shape index (κ2) is 5.23. The first-order valence-corrected chi connectivity index (χ1v) is 10.1. The molecule has 130 valence electrons. The van der Waals surface area contributed by atoms with Crippen LogP contribution in [-0.4, -0.2) is 11.1 Å². The first kappa shape index (κ1) is 16.0. The third-order valence-electron chi connectivity index (χ3n) is 9.23. The predicted octanol–water partition coefficient (Wildman–Crippen LogP) is 5.37. The van der Waals surface area contributed by atoms with Crippen molar-refractivity contribution >= 4 is 5.97 Å². The summed E-state index contributed by atoms with van der Waals surface area (Å²) in [6.07, 6.45) is 11.6. The van der Waals surface area contributed by atoms with Crippen LogP contribution in [0.3, 0.4) is 0 Å². The molecule has 2 heteroatoms. The van der Waals surface area contributed by atoms with Gasteiger partial charge in [-0.15, -0.1) is 0 Å². The van der Waals surface area contributed by atoms with Crippen LogP contribution < -0.4 is 0 Å². The van der Waals surface area contributed by atoms with Crippen molar-refractivity contribution in [2.24, 2.45) is 46.3 Å². The van der Waals surface area contributed by atoms with Gasteiger partial charge in [-0.3, -0.25) is 4.79 Å². The smallest absolute Gasteiger partial charge is 0.307 e. The zero-order valence-electron chi connectivity index (χ0n) is 15.2. The van der Waals surface area contributed by atoms with Crippen molar-refractivity contribution in [3.05, 3.63) is 0 Å². The van der Waals surface area contributed by atoms with Crippen LogP contribution in [0.1, 0.15) is 78.6 Å². The molecule has 8 unspecified atom stereocenters. The lowest BCUT2D eigenvalue weighted by Crippen LogP contribution is -2.53. The molecule has 2 nitrogen and oxygen atoms in total. The van der Waals surface area contributed by atoms with Gasteiger partial charge in [0.2, 0.25) is 0 Å². The van der Waals surface area contributed by atoms with E-state index in [0.717, 1.165) is 36.5 Å². The predicted molar refractivity (Wildman–Crippen MR) is 92.0 cm³/mol. The number of carboxylic acids is 1. The van der Waals surface area contributed by atoms with Crippen LogP contribution >= 0.6 is 0 Å². The minimum atomic E-state index is -0.528. The maximum absolute atomic E-state index is 11.7. The third kappa shape index (κ3) is 2.15. The summed E-state index contributed by atoms with van der Waals surface area (Å²) in [5, 5.41) is 9.68. The van der Waals surface area contributed by atoms with Crippen LogP contribution in [-0.2, 0) is 4.79 Å². The molecule has 23 heavy (non-hydrogen) atoms. The van der Waals surface area contributed by atoms with Crippen LogP contribution in [0.25, 0.3) is 0 Å². The molecule has 4 aliphatic carbocycles. The zero-order chi connectivity index (χ0) is 16.4. The van der Waals surface area contributed by atoms with Crippen molar-refractivity contribution in [3.63, 3.8) is 0 Å². The molecular formula is C21H34O2. The number of fused-ring (bicyclic) bond motifs is 5. The number of rotatable bonds is 1. The second-order valence-corrected chi connectivity index (χ2v) is 10.0. The summed E-state index contributed by atoms with van der Waals surface area (Å²) in [6.45, 7) is 7.36. The maximum Gasteiger partial charge on any atom is 0.307 e. The van der Waals surface area contributed by atoms with E-state index in [0.29, 0.717) is 11.3 Å². The molecule has 0 aromatic rings. The number of carboxylic acid groups (broad SMARTS) is 1. The number of aliphatic carboxylic acids is 1. The summed E-state index contributed by atoms with van der Waals surface area (Å²) >= 11 is 0. The van der Waals surface area contributed by atoms with Crippen LogP contribution in [0.5, 0.6) is 0 Å². The molecule has 4 saturated carbocycles. The minimum Gasteiger partial charge on any atom is -0.481 e. The summed E-state index contributed by atoms with van der Waals surface area (Å²) < 4.78 is 0. The monoisotopic (exact) mass is 318 g/mol. The zero-order valence-corrected chi connectivity index (χ0v) is 15.2. The van der Waals surface area contributed by atoms with Crippen molar-refractivity contribution in [1.29, 1.82) is 0 Å². The molecule has 0 bridgehead atoms. The highest BCUT2D eigenvalue weighted by Gasteiger charge is 2.61. The third-order valence-corrected chi connectivity index (χ3v) is 9.23. The van der Waals surface area contributed by atoms with Gasteiger partial charge in [0, 0.05) is 0 Å². The molecular weight excluding hydrogens is 284 g/mol. The molecule has 4 rings (SSSR count). The van der Waals surface area contributed by atoms with E-state index in [4.69, 9.17) is 0 Å². The molecule has 1 N–H and O–H groups in total. The summed E-state index contributed by atoms with van der Waals surface area (Å²) in [7, 11) is 0. The normalized spacial score (nSPS) is 55.6. The minimum absolute atomic E-state index is 0.0784. The van der Waals surface area contributed by atoms with E-state index in [1.165, 1.54) is 44.9 Å². The van der Waals surface area contributed by atoms with E-state index in [-0.39, 0.29) is 11.3 Å². The van der Waals surface area contributed by atoms with Gasteiger partial charge in [0.1, 0.15) is 0 Å². The molecule has 0 aromatic carbocycles. The molecule has 0 saturated heterocycles. The number of hydrogen-bond donors (Lipinski definition) is 1. The van der Waals surface area contributed by atoms with Gasteiger partial charge in [-0.1, -0.05) is 27.2 Å². The lowest BCUT2D eigenvalue weighted by atomic mass is 9.44. The lowest BCUT2D eigenvalue weighted by Gasteiger charge is -2.61. The van der Waals surface area contributed by atoms with Gasteiger partial charge >= 0.3 is 5.97 Å². The molecule has 0 amide bonds. The summed E-state index contributed by atoms with van der Waals surface area (Å²) in [6, 6.07) is 0. The highest BCUT2D eigenvalue weighted by molar-refractivity contribution is 5.71. The molecule has 0 spiro atoms. The Labute approximate surface area is 141 Å². The molecule has 0 heterocycles. The van der Waals surface area contributed by atoms with E-state index in [1.54, 1.807) is 0 Å². The van der Waals surface area contributed by atoms with Crippen LogP contribution in [0.4, 0.5) is 0 Å². The highest BCUT2D eigenvalue weighted by Crippen LogP contribution is 2.67. The average Bonchev–Trinajstić information content (AvgIpc) is 2.85. The van der Waals surface area contributed by atoms with E-state index in [2.05, 4.69) is 20.8 Å². The van der Waals surface area contributed by atoms with Crippen LogP contribution in [0.15, 0.2) is 0 Å². The summed E-state index contributed by atoms with van der Waals surface area (Å²) in [5.74, 6) is 3.62. The van der Waals surface area contributed by atoms with Gasteiger partial charge < -0.3 is 5.11 Å². The fraction of sp³-hybridized carbons (Fsp3) is 0.952. The SMILES string of the molecule is CC1CCC2(C)C(CCC3C2CCC2(C)C(C(=O)O)CCC32)C1. The van der Waals surface area contributed by atoms with Crippen molar-refractivity contribution in [2.75, 3.05) is 0 Å². The molecule has 0 aromatic heterocycles. The van der Waals surface area contributed by atoms with Crippen molar-refractivity contribution in [2.45, 2.75) is 78.6 Å². The standard InChI is InChI=1S/C21H34O2/c1-13-8-10-20(2)14(12-13)4-5-15-16-6-7-18(19(22)23)21(16,3)11-9-17(15)20/h13-18H,4-12H2,1-3H3,(H,22,23). The summed E-state index contributed by atoms with van der Waals surface area (Å²) in [5.41, 5.74) is 0.635. The number of hydrogen-bond acceptors (Lipinski definition) is 1. The molecule has 0 aliphatic heterocycles. The van der Waals surface area contributed by atoms with Crippen LogP contribution in [0, 0.1) is 46.3 Å². The molecule has 4 aliphatic rings. The van der Waals surface area contributed by atoms with Crippen LogP contribution in [0.2, 0.25) is 0 Å². The molecule has 4 fully saturated rings. The van der Waals surface area contributed by atoms with E-state index in [1.807, 2.05) is 0 Å². The van der Waals surface area contributed by atoms with Crippen molar-refractivity contribution < 1.29 is 9.90 Å². The topological polar surface area (TPSA) is 37.3 Å². The van der Waals surface area contributed by atoms with Crippen molar-refractivity contribution in [1.82, 2.24) is 0 Å². The largest absolute Gasteiger partial charge is 0.481 e.